The minimum Gasteiger partial charge on any atom is -0.506 e. The van der Waals surface area contributed by atoms with E-state index >= 15 is 0 Å². The smallest absolute Gasteiger partial charge is 0.265 e. The number of H-pyrrole nitrogens is 1. The summed E-state index contributed by atoms with van der Waals surface area (Å²) in [6.45, 7) is 0. The number of aromatic amines is 1. The summed E-state index contributed by atoms with van der Waals surface area (Å²) >= 11 is 10.0. The van der Waals surface area contributed by atoms with E-state index in [0.29, 0.717) is 25.7 Å². The van der Waals surface area contributed by atoms with Crippen LogP contribution in [0.2, 0.25) is 0 Å². The molecule has 0 radical (unpaired) electrons. The van der Waals surface area contributed by atoms with Gasteiger partial charge in [-0.1, -0.05) is 34.1 Å². The van der Waals surface area contributed by atoms with Gasteiger partial charge in [-0.3, -0.25) is 0 Å². The van der Waals surface area contributed by atoms with Crippen LogP contribution in [-0.2, 0) is 0 Å². The van der Waals surface area contributed by atoms with Gasteiger partial charge in [0.05, 0.1) is 15.2 Å². The molecule has 0 fully saturated rings. The zero-order valence-corrected chi connectivity index (χ0v) is 17.6. The van der Waals surface area contributed by atoms with Gasteiger partial charge in [0.1, 0.15) is 11.3 Å². The number of rotatable bonds is 3. The minimum atomic E-state index is 0.0899. The van der Waals surface area contributed by atoms with E-state index in [0.717, 1.165) is 15.4 Å². The van der Waals surface area contributed by atoms with Crippen molar-refractivity contribution in [1.82, 2.24) is 20.2 Å². The SMILES string of the molecule is Oc1c(Br)cc(Br)c(/C=N/Nc2nnc3c(n2)[nH]c2ccccc23)c1Br. The van der Waals surface area contributed by atoms with Crippen molar-refractivity contribution in [3.05, 3.63) is 49.3 Å². The predicted molar refractivity (Wildman–Crippen MR) is 112 cm³/mol. The van der Waals surface area contributed by atoms with E-state index in [-0.39, 0.29) is 11.7 Å². The summed E-state index contributed by atoms with van der Waals surface area (Å²) in [5.74, 6) is 0.348. The van der Waals surface area contributed by atoms with Crippen molar-refractivity contribution in [1.29, 1.82) is 0 Å². The summed E-state index contributed by atoms with van der Waals surface area (Å²) in [6.07, 6.45) is 1.54. The first kappa shape index (κ1) is 17.4. The number of hydrogen-bond donors (Lipinski definition) is 3. The highest BCUT2D eigenvalue weighted by Crippen LogP contribution is 2.38. The van der Waals surface area contributed by atoms with Crippen LogP contribution in [0.15, 0.2) is 48.9 Å². The molecule has 0 aliphatic carbocycles. The lowest BCUT2D eigenvalue weighted by Gasteiger charge is -2.06. The van der Waals surface area contributed by atoms with Crippen LogP contribution in [0.4, 0.5) is 5.95 Å². The molecule has 0 unspecified atom stereocenters. The lowest BCUT2D eigenvalue weighted by atomic mass is 10.2. The molecule has 2 aromatic heterocycles. The number of benzene rings is 2. The number of phenolic OH excluding ortho intramolecular Hbond substituents is 1. The molecule has 0 spiro atoms. The van der Waals surface area contributed by atoms with Crippen LogP contribution >= 0.6 is 47.8 Å². The first-order chi connectivity index (χ1) is 12.5. The maximum absolute atomic E-state index is 9.98. The fourth-order valence-corrected chi connectivity index (χ4v) is 4.76. The van der Waals surface area contributed by atoms with Crippen molar-refractivity contribution in [3.63, 3.8) is 0 Å². The van der Waals surface area contributed by atoms with E-state index < -0.39 is 0 Å². The molecule has 0 aliphatic rings. The summed E-state index contributed by atoms with van der Waals surface area (Å²) in [6, 6.07) is 9.54. The van der Waals surface area contributed by atoms with Gasteiger partial charge in [-0.25, -0.2) is 5.43 Å². The molecular formula is C16H9Br3N6O. The molecular weight excluding hydrogens is 532 g/mol. The first-order valence-electron chi connectivity index (χ1n) is 7.31. The molecule has 0 saturated heterocycles. The number of hydrazone groups is 1. The average molecular weight is 541 g/mol. The van der Waals surface area contributed by atoms with Crippen LogP contribution in [0.5, 0.6) is 5.75 Å². The summed E-state index contributed by atoms with van der Waals surface area (Å²) < 4.78 is 1.83. The van der Waals surface area contributed by atoms with Crippen molar-refractivity contribution >= 4 is 82.0 Å². The number of halogens is 3. The van der Waals surface area contributed by atoms with Crippen LogP contribution < -0.4 is 5.43 Å². The largest absolute Gasteiger partial charge is 0.506 e. The molecule has 7 nitrogen and oxygen atoms in total. The van der Waals surface area contributed by atoms with Gasteiger partial charge in [0.25, 0.3) is 5.95 Å². The molecule has 0 bridgehead atoms. The molecule has 2 aromatic carbocycles. The molecule has 0 atom stereocenters. The second-order valence-electron chi connectivity index (χ2n) is 5.29. The molecule has 0 saturated carbocycles. The Kier molecular flexibility index (Phi) is 4.63. The lowest BCUT2D eigenvalue weighted by molar-refractivity contribution is 0.468. The van der Waals surface area contributed by atoms with Gasteiger partial charge in [0, 0.05) is 20.9 Å². The molecule has 130 valence electrons. The van der Waals surface area contributed by atoms with Crippen molar-refractivity contribution in [2.45, 2.75) is 0 Å². The minimum absolute atomic E-state index is 0.0899. The Morgan fingerprint density at radius 1 is 1.12 bits per heavy atom. The van der Waals surface area contributed by atoms with E-state index in [1.54, 1.807) is 12.3 Å². The summed E-state index contributed by atoms with van der Waals surface area (Å²) in [7, 11) is 0. The molecule has 0 amide bonds. The van der Waals surface area contributed by atoms with E-state index in [1.165, 1.54) is 0 Å². The Morgan fingerprint density at radius 2 is 1.92 bits per heavy atom. The molecule has 4 rings (SSSR count). The van der Waals surface area contributed by atoms with Gasteiger partial charge in [-0.15, -0.1) is 10.2 Å². The van der Waals surface area contributed by atoms with Crippen LogP contribution in [0.3, 0.4) is 0 Å². The highest BCUT2D eigenvalue weighted by molar-refractivity contribution is 9.11. The number of hydrogen-bond acceptors (Lipinski definition) is 6. The molecule has 10 heteroatoms. The van der Waals surface area contributed by atoms with Crippen molar-refractivity contribution in [2.75, 3.05) is 5.43 Å². The van der Waals surface area contributed by atoms with Gasteiger partial charge in [0.15, 0.2) is 5.65 Å². The molecule has 26 heavy (non-hydrogen) atoms. The third-order valence-electron chi connectivity index (χ3n) is 3.66. The van der Waals surface area contributed by atoms with Crippen molar-refractivity contribution in [2.24, 2.45) is 5.10 Å². The maximum atomic E-state index is 9.98. The van der Waals surface area contributed by atoms with Crippen LogP contribution in [-0.4, -0.2) is 31.5 Å². The fourth-order valence-electron chi connectivity index (χ4n) is 2.44. The van der Waals surface area contributed by atoms with Crippen molar-refractivity contribution in [3.8, 4) is 5.75 Å². The third-order valence-corrected chi connectivity index (χ3v) is 5.72. The molecule has 2 heterocycles. The average Bonchev–Trinajstić information content (AvgIpc) is 3.00. The number of para-hydroxylation sites is 1. The van der Waals surface area contributed by atoms with Gasteiger partial charge in [-0.2, -0.15) is 10.1 Å². The zero-order chi connectivity index (χ0) is 18.3. The van der Waals surface area contributed by atoms with Crippen LogP contribution in [0, 0.1) is 0 Å². The molecule has 3 N–H and O–H groups in total. The topological polar surface area (TPSA) is 99.1 Å². The normalized spacial score (nSPS) is 11.7. The van der Waals surface area contributed by atoms with Gasteiger partial charge < -0.3 is 10.1 Å². The number of nitrogens with one attached hydrogen (secondary N) is 2. The summed E-state index contributed by atoms with van der Waals surface area (Å²) in [4.78, 5) is 7.59. The number of fused-ring (bicyclic) bond motifs is 3. The van der Waals surface area contributed by atoms with Crippen molar-refractivity contribution < 1.29 is 5.11 Å². The van der Waals surface area contributed by atoms with E-state index in [1.807, 2.05) is 24.3 Å². The highest BCUT2D eigenvalue weighted by Gasteiger charge is 2.12. The molecule has 0 aliphatic heterocycles. The zero-order valence-electron chi connectivity index (χ0n) is 12.8. The number of anilines is 1. The number of aromatic nitrogens is 4. The summed E-state index contributed by atoms with van der Waals surface area (Å²) in [5, 5.41) is 23.3. The number of nitrogens with zero attached hydrogens (tertiary/aromatic N) is 4. The maximum Gasteiger partial charge on any atom is 0.265 e. The summed E-state index contributed by atoms with van der Waals surface area (Å²) in [5.41, 5.74) is 5.69. The Hall–Kier alpha value is -2.04. The van der Waals surface area contributed by atoms with E-state index in [2.05, 4.69) is 78.5 Å². The van der Waals surface area contributed by atoms with Gasteiger partial charge in [0.2, 0.25) is 0 Å². The Morgan fingerprint density at radius 3 is 2.77 bits per heavy atom. The molecule has 4 aromatic rings. The van der Waals surface area contributed by atoms with Gasteiger partial charge >= 0.3 is 0 Å². The van der Waals surface area contributed by atoms with E-state index in [4.69, 9.17) is 0 Å². The third kappa shape index (κ3) is 3.08. The second kappa shape index (κ2) is 6.93. The number of phenols is 1. The predicted octanol–water partition coefficient (Wildman–Crippen LogP) is 4.95. The Bertz CT molecular complexity index is 1170. The monoisotopic (exact) mass is 538 g/mol. The Labute approximate surface area is 172 Å². The van der Waals surface area contributed by atoms with Gasteiger partial charge in [-0.05, 0) is 44.0 Å². The fraction of sp³-hybridized carbons (Fsp3) is 0. The standard InChI is InChI=1S/C16H9Br3N6O/c17-9-5-10(18)14(26)12(19)8(9)6-20-24-16-22-15-13(23-25-16)7-3-1-2-4-11(7)21-15/h1-6,26H,(H2,21,22,24,25)/b20-6+. The Balaban J connectivity index is 1.63. The lowest BCUT2D eigenvalue weighted by Crippen LogP contribution is -1.99. The number of aromatic hydroxyl groups is 1. The quantitative estimate of drug-likeness (QED) is 0.252. The first-order valence-corrected chi connectivity index (χ1v) is 9.69. The van der Waals surface area contributed by atoms with Crippen LogP contribution in [0.1, 0.15) is 5.56 Å². The highest BCUT2D eigenvalue weighted by atomic mass is 79.9. The van der Waals surface area contributed by atoms with E-state index in [9.17, 15) is 5.11 Å². The second-order valence-corrected chi connectivity index (χ2v) is 7.79. The van der Waals surface area contributed by atoms with Crippen LogP contribution in [0.25, 0.3) is 22.1 Å².